The lowest BCUT2D eigenvalue weighted by atomic mass is 10.1. The number of carbonyl (C=O) groups excluding carboxylic acids is 3. The van der Waals surface area contributed by atoms with Gasteiger partial charge in [0.2, 0.25) is 5.91 Å². The van der Waals surface area contributed by atoms with Crippen LogP contribution in [0.2, 0.25) is 0 Å². The van der Waals surface area contributed by atoms with Crippen molar-refractivity contribution in [1.29, 1.82) is 5.26 Å². The van der Waals surface area contributed by atoms with Gasteiger partial charge in [0.25, 0.3) is 11.1 Å². The molecule has 9 heteroatoms. The maximum atomic E-state index is 12.8. The molecule has 3 aromatic carbocycles. The van der Waals surface area contributed by atoms with Crippen molar-refractivity contribution in [2.45, 2.75) is 13.5 Å². The number of nitriles is 1. The van der Waals surface area contributed by atoms with Crippen molar-refractivity contribution in [1.82, 2.24) is 4.90 Å². The average Bonchev–Trinajstić information content (AvgIpc) is 3.12. The Bertz CT molecular complexity index is 1410. The van der Waals surface area contributed by atoms with Gasteiger partial charge in [-0.2, -0.15) is 5.26 Å². The molecule has 7 nitrogen and oxygen atoms in total. The maximum absolute atomic E-state index is 12.8. The van der Waals surface area contributed by atoms with Crippen LogP contribution in [0.3, 0.4) is 0 Å². The topological polar surface area (TPSA) is 99.5 Å². The molecule has 1 aliphatic rings. The molecular weight excluding hydrogens is 589 g/mol. The summed E-state index contributed by atoms with van der Waals surface area (Å²) in [5.41, 5.74) is 3.73. The quantitative estimate of drug-likeness (QED) is 0.272. The maximum Gasteiger partial charge on any atom is 0.294 e. The first kappa shape index (κ1) is 25.5. The number of ether oxygens (including phenoxy) is 1. The molecule has 0 bridgehead atoms. The molecule has 0 atom stereocenters. The SMILES string of the molecule is Cc1ccc(NC(=O)CN2C(=O)S/C(=C\c3ccc(OCc4ccccc4C#N)c(I)c3)C2=O)cc1. The van der Waals surface area contributed by atoms with E-state index in [1.54, 1.807) is 42.5 Å². The zero-order chi connectivity index (χ0) is 25.7. The molecule has 1 fully saturated rings. The van der Waals surface area contributed by atoms with E-state index in [1.165, 1.54) is 0 Å². The molecule has 0 radical (unpaired) electrons. The third-order valence-electron chi connectivity index (χ3n) is 5.29. The normalized spacial score (nSPS) is 14.1. The number of aryl methyl sites for hydroxylation is 1. The Morgan fingerprint density at radius 1 is 1.14 bits per heavy atom. The van der Waals surface area contributed by atoms with Crippen LogP contribution in [0, 0.1) is 21.8 Å². The number of halogens is 1. The highest BCUT2D eigenvalue weighted by Gasteiger charge is 2.36. The lowest BCUT2D eigenvalue weighted by Crippen LogP contribution is -2.36. The van der Waals surface area contributed by atoms with Crippen LogP contribution in [-0.2, 0) is 16.2 Å². The summed E-state index contributed by atoms with van der Waals surface area (Å²) in [5, 5.41) is 11.4. The van der Waals surface area contributed by atoms with Gasteiger partial charge in [0.05, 0.1) is 20.1 Å². The Morgan fingerprint density at radius 2 is 1.89 bits per heavy atom. The number of nitrogens with one attached hydrogen (secondary N) is 1. The van der Waals surface area contributed by atoms with Crippen molar-refractivity contribution in [3.05, 3.63) is 97.5 Å². The molecule has 36 heavy (non-hydrogen) atoms. The fourth-order valence-corrected chi connectivity index (χ4v) is 4.94. The van der Waals surface area contributed by atoms with Crippen molar-refractivity contribution in [2.75, 3.05) is 11.9 Å². The third-order valence-corrected chi connectivity index (χ3v) is 7.04. The highest BCUT2D eigenvalue weighted by Crippen LogP contribution is 2.33. The number of rotatable bonds is 7. The number of carbonyl (C=O) groups is 3. The van der Waals surface area contributed by atoms with E-state index in [2.05, 4.69) is 34.0 Å². The van der Waals surface area contributed by atoms with Crippen molar-refractivity contribution in [3.63, 3.8) is 0 Å². The van der Waals surface area contributed by atoms with Gasteiger partial charge in [0.15, 0.2) is 0 Å². The van der Waals surface area contributed by atoms with Gasteiger partial charge in [0, 0.05) is 11.3 Å². The standard InChI is InChI=1S/C27H20IN3O4S/c1-17-6-9-21(10-7-17)30-25(32)15-31-26(33)24(36-27(31)34)13-18-8-11-23(22(28)12-18)35-16-20-5-3-2-4-19(20)14-29/h2-13H,15-16H2,1H3,(H,30,32)/b24-13-. The molecule has 1 heterocycles. The Hall–Kier alpha value is -3.62. The Labute approximate surface area is 226 Å². The van der Waals surface area contributed by atoms with E-state index in [0.29, 0.717) is 17.0 Å². The minimum absolute atomic E-state index is 0.246. The largest absolute Gasteiger partial charge is 0.488 e. The van der Waals surface area contributed by atoms with E-state index in [4.69, 9.17) is 4.74 Å². The number of hydrogen-bond donors (Lipinski definition) is 1. The number of anilines is 1. The highest BCUT2D eigenvalue weighted by molar-refractivity contribution is 14.1. The number of thioether (sulfide) groups is 1. The summed E-state index contributed by atoms with van der Waals surface area (Å²) in [6.45, 7) is 1.84. The second-order valence-corrected chi connectivity index (χ2v) is 10.1. The molecule has 3 amide bonds. The molecule has 1 aliphatic heterocycles. The molecule has 0 spiro atoms. The first-order chi connectivity index (χ1) is 17.3. The molecule has 3 aromatic rings. The van der Waals surface area contributed by atoms with Crippen LogP contribution in [0.4, 0.5) is 10.5 Å². The number of imide groups is 1. The fraction of sp³-hybridized carbons (Fsp3) is 0.111. The minimum Gasteiger partial charge on any atom is -0.488 e. The van der Waals surface area contributed by atoms with Gasteiger partial charge in [-0.25, -0.2) is 0 Å². The smallest absolute Gasteiger partial charge is 0.294 e. The molecule has 4 rings (SSSR count). The summed E-state index contributed by atoms with van der Waals surface area (Å²) in [7, 11) is 0. The van der Waals surface area contributed by atoms with Gasteiger partial charge < -0.3 is 10.1 Å². The lowest BCUT2D eigenvalue weighted by Gasteiger charge is -2.12. The van der Waals surface area contributed by atoms with Gasteiger partial charge >= 0.3 is 0 Å². The number of amides is 3. The van der Waals surface area contributed by atoms with Crippen LogP contribution in [0.25, 0.3) is 6.08 Å². The van der Waals surface area contributed by atoms with E-state index in [1.807, 2.05) is 37.3 Å². The first-order valence-corrected chi connectivity index (χ1v) is 12.8. The van der Waals surface area contributed by atoms with Gasteiger partial charge in [-0.1, -0.05) is 42.0 Å². The van der Waals surface area contributed by atoms with Crippen LogP contribution < -0.4 is 10.1 Å². The van der Waals surface area contributed by atoms with E-state index >= 15 is 0 Å². The molecule has 180 valence electrons. The molecule has 0 aromatic heterocycles. The molecule has 0 unspecified atom stereocenters. The minimum atomic E-state index is -0.507. The highest BCUT2D eigenvalue weighted by atomic mass is 127. The van der Waals surface area contributed by atoms with E-state index in [0.717, 1.165) is 36.9 Å². The Balaban J connectivity index is 1.40. The second-order valence-electron chi connectivity index (χ2n) is 7.93. The van der Waals surface area contributed by atoms with Crippen LogP contribution in [0.1, 0.15) is 22.3 Å². The molecular formula is C27H20IN3O4S. The predicted octanol–water partition coefficient (Wildman–Crippen LogP) is 5.73. The molecule has 0 aliphatic carbocycles. The Morgan fingerprint density at radius 3 is 2.61 bits per heavy atom. The average molecular weight is 609 g/mol. The van der Waals surface area contributed by atoms with Gasteiger partial charge in [-0.3, -0.25) is 19.3 Å². The predicted molar refractivity (Wildman–Crippen MR) is 147 cm³/mol. The lowest BCUT2D eigenvalue weighted by molar-refractivity contribution is -0.127. The number of benzene rings is 3. The van der Waals surface area contributed by atoms with Crippen LogP contribution in [0.5, 0.6) is 5.75 Å². The third kappa shape index (κ3) is 6.13. The zero-order valence-electron chi connectivity index (χ0n) is 19.2. The second kappa shape index (κ2) is 11.4. The zero-order valence-corrected chi connectivity index (χ0v) is 22.1. The van der Waals surface area contributed by atoms with Crippen molar-refractivity contribution < 1.29 is 19.1 Å². The summed E-state index contributed by atoms with van der Waals surface area (Å²) >= 11 is 2.94. The molecule has 1 saturated heterocycles. The van der Waals surface area contributed by atoms with E-state index < -0.39 is 17.1 Å². The summed E-state index contributed by atoms with van der Waals surface area (Å²) in [6, 6.07) is 22.0. The fourth-order valence-electron chi connectivity index (χ4n) is 3.40. The van der Waals surface area contributed by atoms with Crippen molar-refractivity contribution >= 4 is 63.2 Å². The van der Waals surface area contributed by atoms with Crippen LogP contribution >= 0.6 is 34.4 Å². The summed E-state index contributed by atoms with van der Waals surface area (Å²) < 4.78 is 6.70. The summed E-state index contributed by atoms with van der Waals surface area (Å²) in [6.07, 6.45) is 1.62. The van der Waals surface area contributed by atoms with Crippen LogP contribution in [-0.4, -0.2) is 28.5 Å². The number of nitrogens with zero attached hydrogens (tertiary/aromatic N) is 2. The van der Waals surface area contributed by atoms with Crippen molar-refractivity contribution in [2.24, 2.45) is 0 Å². The van der Waals surface area contributed by atoms with E-state index in [-0.39, 0.29) is 18.1 Å². The monoisotopic (exact) mass is 609 g/mol. The summed E-state index contributed by atoms with van der Waals surface area (Å²) in [4.78, 5) is 38.8. The van der Waals surface area contributed by atoms with Gasteiger partial charge in [0.1, 0.15) is 18.9 Å². The van der Waals surface area contributed by atoms with E-state index in [9.17, 15) is 19.6 Å². The van der Waals surface area contributed by atoms with Gasteiger partial charge in [-0.05, 0) is 83.2 Å². The van der Waals surface area contributed by atoms with Crippen molar-refractivity contribution in [3.8, 4) is 11.8 Å². The molecule has 0 saturated carbocycles. The molecule has 1 N–H and O–H groups in total. The summed E-state index contributed by atoms with van der Waals surface area (Å²) in [5.74, 6) is -0.315. The van der Waals surface area contributed by atoms with Crippen LogP contribution in [0.15, 0.2) is 71.6 Å². The number of hydrogen-bond acceptors (Lipinski definition) is 6. The Kier molecular flexibility index (Phi) is 8.07. The van der Waals surface area contributed by atoms with Gasteiger partial charge in [-0.15, -0.1) is 0 Å². The first-order valence-electron chi connectivity index (χ1n) is 10.9.